The molecule has 0 saturated carbocycles. The van der Waals surface area contributed by atoms with Crippen LogP contribution in [-0.2, 0) is 14.8 Å². The zero-order valence-electron chi connectivity index (χ0n) is 16.1. The first-order valence-electron chi connectivity index (χ1n) is 9.61. The molecule has 2 aliphatic rings. The Kier molecular flexibility index (Phi) is 5.39. The Bertz CT molecular complexity index is 898. The molecule has 0 N–H and O–H groups in total. The molecule has 4 rings (SSSR count). The highest BCUT2D eigenvalue weighted by atomic mass is 32.2. The highest BCUT2D eigenvalue weighted by Crippen LogP contribution is 2.28. The Balaban J connectivity index is 1.34. The molecule has 2 saturated heterocycles. The van der Waals surface area contributed by atoms with E-state index in [4.69, 9.17) is 14.0 Å². The van der Waals surface area contributed by atoms with Gasteiger partial charge in [-0.15, -0.1) is 0 Å². The lowest BCUT2D eigenvalue weighted by atomic mass is 10.0. The average molecular weight is 407 g/mol. The van der Waals surface area contributed by atoms with Crippen molar-refractivity contribution in [3.63, 3.8) is 0 Å². The second-order valence-electron chi connectivity index (χ2n) is 7.52. The molecule has 1 aromatic carbocycles. The van der Waals surface area contributed by atoms with Gasteiger partial charge in [0.15, 0.2) is 0 Å². The van der Waals surface area contributed by atoms with Crippen LogP contribution < -0.4 is 4.74 Å². The molecule has 0 bridgehead atoms. The van der Waals surface area contributed by atoms with Crippen molar-refractivity contribution in [2.24, 2.45) is 0 Å². The number of hydrogen-bond donors (Lipinski definition) is 0. The third-order valence-corrected chi connectivity index (χ3v) is 7.41. The van der Waals surface area contributed by atoms with E-state index in [0.717, 1.165) is 31.6 Å². The van der Waals surface area contributed by atoms with E-state index in [0.29, 0.717) is 30.6 Å². The summed E-state index contributed by atoms with van der Waals surface area (Å²) in [5.74, 6) is 2.19. The van der Waals surface area contributed by atoms with E-state index in [2.05, 4.69) is 10.1 Å². The van der Waals surface area contributed by atoms with Gasteiger partial charge in [0.25, 0.3) is 0 Å². The van der Waals surface area contributed by atoms with Gasteiger partial charge >= 0.3 is 0 Å². The summed E-state index contributed by atoms with van der Waals surface area (Å²) in [6, 6.07) is 7.46. The predicted octanol–water partition coefficient (Wildman–Crippen LogP) is 2.43. The summed E-state index contributed by atoms with van der Waals surface area (Å²) in [5, 5.41) is 3.68. The molecule has 3 heterocycles. The summed E-state index contributed by atoms with van der Waals surface area (Å²) >= 11 is 0. The molecular weight excluding hydrogens is 382 g/mol. The fraction of sp³-hybridized carbons (Fsp3) is 0.579. The van der Waals surface area contributed by atoms with Crippen LogP contribution in [0.2, 0.25) is 0 Å². The largest absolute Gasteiger partial charge is 0.488 e. The molecular formula is C19H25N3O5S. The van der Waals surface area contributed by atoms with Gasteiger partial charge in [0.05, 0.1) is 18.3 Å². The molecule has 0 amide bonds. The first kappa shape index (κ1) is 19.4. The third kappa shape index (κ3) is 3.92. The van der Waals surface area contributed by atoms with E-state index < -0.39 is 15.3 Å². The lowest BCUT2D eigenvalue weighted by molar-refractivity contribution is 0.0757. The first-order chi connectivity index (χ1) is 13.4. The van der Waals surface area contributed by atoms with E-state index in [1.807, 2.05) is 24.3 Å². The van der Waals surface area contributed by atoms with Crippen LogP contribution >= 0.6 is 0 Å². The molecule has 2 fully saturated rings. The normalized spacial score (nSPS) is 19.7. The van der Waals surface area contributed by atoms with Crippen LogP contribution in [0.1, 0.15) is 38.5 Å². The van der Waals surface area contributed by atoms with E-state index in [1.165, 1.54) is 4.31 Å². The number of ether oxygens (including phenoxy) is 2. The standard InChI is InChI=1S/C19H25N3O5S/c1-13(2)28(23,24)22-11-17(12-22)26-16-5-3-14(4-6-16)18-20-19(27-21-18)15-7-9-25-10-8-15/h3-6,13,15,17H,7-12H2,1-2H3. The van der Waals surface area contributed by atoms with Crippen LogP contribution in [0.15, 0.2) is 28.8 Å². The zero-order chi connectivity index (χ0) is 19.7. The molecule has 2 aromatic rings. The molecule has 1 aromatic heterocycles. The molecule has 0 atom stereocenters. The minimum Gasteiger partial charge on any atom is -0.488 e. The SMILES string of the molecule is CC(C)S(=O)(=O)N1CC(Oc2ccc(-c3noc(C4CCOCC4)n3)cc2)C1. The summed E-state index contributed by atoms with van der Waals surface area (Å²) in [5.41, 5.74) is 0.854. The predicted molar refractivity (Wildman–Crippen MR) is 103 cm³/mol. The Morgan fingerprint density at radius 1 is 1.14 bits per heavy atom. The smallest absolute Gasteiger partial charge is 0.230 e. The molecule has 0 spiro atoms. The quantitative estimate of drug-likeness (QED) is 0.726. The van der Waals surface area contributed by atoms with Gasteiger partial charge in [-0.2, -0.15) is 9.29 Å². The van der Waals surface area contributed by atoms with Gasteiger partial charge in [-0.25, -0.2) is 8.42 Å². The van der Waals surface area contributed by atoms with Crippen molar-refractivity contribution in [1.82, 2.24) is 14.4 Å². The number of hydrogen-bond acceptors (Lipinski definition) is 7. The van der Waals surface area contributed by atoms with E-state index in [9.17, 15) is 8.42 Å². The van der Waals surface area contributed by atoms with Crippen LogP contribution in [-0.4, -0.2) is 60.5 Å². The number of sulfonamides is 1. The topological polar surface area (TPSA) is 94.8 Å². The van der Waals surface area contributed by atoms with Crippen molar-refractivity contribution < 1.29 is 22.4 Å². The highest BCUT2D eigenvalue weighted by Gasteiger charge is 2.38. The van der Waals surface area contributed by atoms with E-state index in [1.54, 1.807) is 13.8 Å². The van der Waals surface area contributed by atoms with E-state index >= 15 is 0 Å². The maximum absolute atomic E-state index is 12.1. The Morgan fingerprint density at radius 3 is 2.46 bits per heavy atom. The maximum atomic E-state index is 12.1. The number of nitrogens with zero attached hydrogens (tertiary/aromatic N) is 3. The van der Waals surface area contributed by atoms with Crippen molar-refractivity contribution in [2.75, 3.05) is 26.3 Å². The number of rotatable bonds is 6. The second-order valence-corrected chi connectivity index (χ2v) is 10.0. The molecule has 152 valence electrons. The summed E-state index contributed by atoms with van der Waals surface area (Å²) in [6.45, 7) is 5.61. The summed E-state index contributed by atoms with van der Waals surface area (Å²) in [4.78, 5) is 4.53. The molecule has 2 aliphatic heterocycles. The first-order valence-corrected chi connectivity index (χ1v) is 11.1. The number of aromatic nitrogens is 2. The van der Waals surface area contributed by atoms with Gasteiger partial charge in [-0.05, 0) is 51.0 Å². The Labute approximate surface area is 164 Å². The third-order valence-electron chi connectivity index (χ3n) is 5.20. The summed E-state index contributed by atoms with van der Waals surface area (Å²) in [6.07, 6.45) is 1.68. The maximum Gasteiger partial charge on any atom is 0.230 e. The van der Waals surface area contributed by atoms with Crippen LogP contribution in [0.25, 0.3) is 11.4 Å². The van der Waals surface area contributed by atoms with Crippen LogP contribution in [0.4, 0.5) is 0 Å². The molecule has 0 aliphatic carbocycles. The fourth-order valence-corrected chi connectivity index (χ4v) is 4.66. The highest BCUT2D eigenvalue weighted by molar-refractivity contribution is 7.89. The lowest BCUT2D eigenvalue weighted by Gasteiger charge is -2.38. The molecule has 8 nitrogen and oxygen atoms in total. The van der Waals surface area contributed by atoms with Crippen molar-refractivity contribution in [3.05, 3.63) is 30.2 Å². The van der Waals surface area contributed by atoms with Gasteiger partial charge < -0.3 is 14.0 Å². The zero-order valence-corrected chi connectivity index (χ0v) is 16.9. The van der Waals surface area contributed by atoms with Crippen LogP contribution in [0, 0.1) is 0 Å². The van der Waals surface area contributed by atoms with Gasteiger partial charge in [0.1, 0.15) is 11.9 Å². The molecule has 9 heteroatoms. The fourth-order valence-electron chi connectivity index (χ4n) is 3.32. The van der Waals surface area contributed by atoms with Crippen molar-refractivity contribution in [1.29, 1.82) is 0 Å². The minimum atomic E-state index is -3.20. The number of benzene rings is 1. The van der Waals surface area contributed by atoms with Gasteiger partial charge in [-0.3, -0.25) is 0 Å². The van der Waals surface area contributed by atoms with E-state index in [-0.39, 0.29) is 12.0 Å². The van der Waals surface area contributed by atoms with Crippen LogP contribution in [0.3, 0.4) is 0 Å². The second kappa shape index (κ2) is 7.81. The summed E-state index contributed by atoms with van der Waals surface area (Å²) in [7, 11) is -3.20. The average Bonchev–Trinajstić information content (AvgIpc) is 3.15. The Hall–Kier alpha value is -1.97. The molecule has 28 heavy (non-hydrogen) atoms. The van der Waals surface area contributed by atoms with Crippen LogP contribution in [0.5, 0.6) is 5.75 Å². The lowest BCUT2D eigenvalue weighted by Crippen LogP contribution is -2.57. The van der Waals surface area contributed by atoms with Crippen molar-refractivity contribution in [2.45, 2.75) is 44.0 Å². The Morgan fingerprint density at radius 2 is 1.82 bits per heavy atom. The summed E-state index contributed by atoms with van der Waals surface area (Å²) < 4.78 is 42.3. The minimum absolute atomic E-state index is 0.121. The van der Waals surface area contributed by atoms with Gasteiger partial charge in [0.2, 0.25) is 21.7 Å². The monoisotopic (exact) mass is 407 g/mol. The molecule has 0 radical (unpaired) electrons. The van der Waals surface area contributed by atoms with Crippen molar-refractivity contribution in [3.8, 4) is 17.1 Å². The molecule has 0 unspecified atom stereocenters. The van der Waals surface area contributed by atoms with Crippen molar-refractivity contribution >= 4 is 10.0 Å². The van der Waals surface area contributed by atoms with Gasteiger partial charge in [-0.1, -0.05) is 5.16 Å². The van der Waals surface area contributed by atoms with Gasteiger partial charge in [0, 0.05) is 24.7 Å².